The number of benzene rings is 1. The lowest BCUT2D eigenvalue weighted by molar-refractivity contribution is -0.125. The van der Waals surface area contributed by atoms with Crippen LogP contribution in [-0.4, -0.2) is 24.0 Å². The number of aryl methyl sites for hydroxylation is 1. The van der Waals surface area contributed by atoms with Crippen LogP contribution in [0.1, 0.15) is 30.5 Å². The molecule has 4 N–H and O–H groups in total. The second-order valence-electron chi connectivity index (χ2n) is 6.02. The van der Waals surface area contributed by atoms with Crippen LogP contribution in [0.15, 0.2) is 48.7 Å². The molecule has 0 aliphatic rings. The van der Waals surface area contributed by atoms with Gasteiger partial charge < -0.3 is 16.4 Å². The van der Waals surface area contributed by atoms with Crippen molar-refractivity contribution in [2.75, 3.05) is 18.4 Å². The Morgan fingerprint density at radius 2 is 1.92 bits per heavy atom. The van der Waals surface area contributed by atoms with Gasteiger partial charge in [0.2, 0.25) is 5.91 Å². The molecule has 0 bridgehead atoms. The predicted molar refractivity (Wildman–Crippen MR) is 97.6 cm³/mol. The third-order valence-electron chi connectivity index (χ3n) is 4.01. The molecule has 0 aliphatic heterocycles. The monoisotopic (exact) mass is 326 g/mol. The summed E-state index contributed by atoms with van der Waals surface area (Å²) in [5.41, 5.74) is 8.29. The van der Waals surface area contributed by atoms with Crippen molar-refractivity contribution >= 4 is 11.7 Å². The number of nitrogens with two attached hydrogens (primary N) is 1. The van der Waals surface area contributed by atoms with E-state index in [0.29, 0.717) is 6.54 Å². The fraction of sp³-hybridized carbons (Fsp3) is 0.368. The lowest BCUT2D eigenvalue weighted by Crippen LogP contribution is -2.36. The van der Waals surface area contributed by atoms with Crippen LogP contribution in [0.2, 0.25) is 0 Å². The van der Waals surface area contributed by atoms with Crippen LogP contribution in [0.25, 0.3) is 0 Å². The van der Waals surface area contributed by atoms with Crippen LogP contribution in [0.4, 0.5) is 5.82 Å². The Morgan fingerprint density at radius 1 is 1.17 bits per heavy atom. The molecule has 2 atom stereocenters. The molecule has 0 radical (unpaired) electrons. The highest BCUT2D eigenvalue weighted by Gasteiger charge is 2.21. The number of amides is 1. The van der Waals surface area contributed by atoms with E-state index >= 15 is 0 Å². The Balaban J connectivity index is 1.68. The van der Waals surface area contributed by atoms with Crippen molar-refractivity contribution in [2.45, 2.75) is 26.3 Å². The zero-order valence-electron chi connectivity index (χ0n) is 14.3. The molecule has 1 heterocycles. The number of nitrogens with one attached hydrogen (secondary N) is 2. The molecular formula is C19H26N4O. The van der Waals surface area contributed by atoms with Gasteiger partial charge in [-0.15, -0.1) is 0 Å². The van der Waals surface area contributed by atoms with E-state index in [1.165, 1.54) is 0 Å². The van der Waals surface area contributed by atoms with Gasteiger partial charge in [-0.1, -0.05) is 43.3 Å². The Bertz CT molecular complexity index is 628. The summed E-state index contributed by atoms with van der Waals surface area (Å²) in [6, 6.07) is 13.4. The van der Waals surface area contributed by atoms with Gasteiger partial charge in [-0.25, -0.2) is 4.98 Å². The topological polar surface area (TPSA) is 80.0 Å². The summed E-state index contributed by atoms with van der Waals surface area (Å²) in [6.07, 6.45) is 2.66. The Morgan fingerprint density at radius 3 is 2.58 bits per heavy atom. The molecule has 24 heavy (non-hydrogen) atoms. The summed E-state index contributed by atoms with van der Waals surface area (Å²) in [6.45, 7) is 5.24. The quantitative estimate of drug-likeness (QED) is 0.652. The van der Waals surface area contributed by atoms with E-state index in [0.717, 1.165) is 29.9 Å². The Labute approximate surface area is 143 Å². The highest BCUT2D eigenvalue weighted by atomic mass is 16.1. The second kappa shape index (κ2) is 9.03. The highest BCUT2D eigenvalue weighted by Crippen LogP contribution is 2.18. The zero-order valence-corrected chi connectivity index (χ0v) is 14.3. The molecule has 1 aromatic carbocycles. The summed E-state index contributed by atoms with van der Waals surface area (Å²) in [5.74, 6) is 0.574. The first kappa shape index (κ1) is 17.9. The molecule has 0 saturated heterocycles. The van der Waals surface area contributed by atoms with Crippen molar-refractivity contribution in [3.63, 3.8) is 0 Å². The molecule has 128 valence electrons. The number of hydrogen-bond acceptors (Lipinski definition) is 4. The van der Waals surface area contributed by atoms with Crippen molar-refractivity contribution in [3.05, 3.63) is 59.8 Å². The van der Waals surface area contributed by atoms with E-state index in [4.69, 9.17) is 5.73 Å². The van der Waals surface area contributed by atoms with E-state index in [9.17, 15) is 4.79 Å². The lowest BCUT2D eigenvalue weighted by atomic mass is 9.95. The molecule has 0 saturated carbocycles. The summed E-state index contributed by atoms with van der Waals surface area (Å²) in [7, 11) is 0. The van der Waals surface area contributed by atoms with Gasteiger partial charge in [0.05, 0.1) is 5.92 Å². The number of carbonyl (C=O) groups excluding carboxylic acids is 1. The van der Waals surface area contributed by atoms with Crippen LogP contribution in [-0.2, 0) is 4.79 Å². The van der Waals surface area contributed by atoms with Gasteiger partial charge in [0.15, 0.2) is 0 Å². The Kier molecular flexibility index (Phi) is 6.75. The second-order valence-corrected chi connectivity index (χ2v) is 6.02. The fourth-order valence-corrected chi connectivity index (χ4v) is 2.38. The minimum atomic E-state index is -0.291. The van der Waals surface area contributed by atoms with E-state index in [2.05, 4.69) is 15.6 Å². The maximum absolute atomic E-state index is 12.2. The van der Waals surface area contributed by atoms with Gasteiger partial charge in [0, 0.05) is 25.3 Å². The molecule has 5 heteroatoms. The maximum Gasteiger partial charge on any atom is 0.224 e. The van der Waals surface area contributed by atoms with Crippen LogP contribution >= 0.6 is 0 Å². The van der Waals surface area contributed by atoms with Crippen molar-refractivity contribution in [1.82, 2.24) is 10.3 Å². The van der Waals surface area contributed by atoms with E-state index in [-0.39, 0.29) is 17.9 Å². The van der Waals surface area contributed by atoms with Gasteiger partial charge in [-0.05, 0) is 30.5 Å². The summed E-state index contributed by atoms with van der Waals surface area (Å²) >= 11 is 0. The molecule has 2 unspecified atom stereocenters. The van der Waals surface area contributed by atoms with Crippen molar-refractivity contribution in [1.29, 1.82) is 0 Å². The van der Waals surface area contributed by atoms with Crippen LogP contribution in [0.3, 0.4) is 0 Å². The molecule has 2 rings (SSSR count). The van der Waals surface area contributed by atoms with Crippen LogP contribution in [0, 0.1) is 12.8 Å². The molecule has 1 aromatic heterocycles. The third kappa shape index (κ3) is 5.35. The lowest BCUT2D eigenvalue weighted by Gasteiger charge is -2.19. The number of aromatic nitrogens is 1. The minimum absolute atomic E-state index is 0.0141. The number of nitrogens with zero attached hydrogens (tertiary/aromatic N) is 1. The normalized spacial score (nSPS) is 13.1. The van der Waals surface area contributed by atoms with E-state index in [1.54, 1.807) is 0 Å². The minimum Gasteiger partial charge on any atom is -0.370 e. The number of pyridine rings is 1. The molecule has 0 aliphatic carbocycles. The van der Waals surface area contributed by atoms with Gasteiger partial charge >= 0.3 is 0 Å². The summed E-state index contributed by atoms with van der Waals surface area (Å²) in [5, 5.41) is 6.19. The molecule has 1 amide bonds. The van der Waals surface area contributed by atoms with Crippen molar-refractivity contribution < 1.29 is 4.79 Å². The summed E-state index contributed by atoms with van der Waals surface area (Å²) in [4.78, 5) is 16.5. The fourth-order valence-electron chi connectivity index (χ4n) is 2.38. The number of hydrogen-bond donors (Lipinski definition) is 3. The van der Waals surface area contributed by atoms with Crippen LogP contribution < -0.4 is 16.4 Å². The standard InChI is InChI=1S/C19H26N4O/c1-14-9-10-17(23-13-14)21-11-6-12-22-19(24)15(2)18(20)16-7-4-3-5-8-16/h3-5,7-10,13,15,18H,6,11-12,20H2,1-2H3,(H,21,23)(H,22,24). The van der Waals surface area contributed by atoms with Gasteiger partial charge in [-0.2, -0.15) is 0 Å². The van der Waals surface area contributed by atoms with Crippen molar-refractivity contribution in [3.8, 4) is 0 Å². The third-order valence-corrected chi connectivity index (χ3v) is 4.01. The van der Waals surface area contributed by atoms with E-state index in [1.807, 2.05) is 62.5 Å². The van der Waals surface area contributed by atoms with Gasteiger partial charge in [0.1, 0.15) is 5.82 Å². The molecule has 0 spiro atoms. The molecule has 2 aromatic rings. The Hall–Kier alpha value is -2.40. The smallest absolute Gasteiger partial charge is 0.224 e. The number of anilines is 1. The van der Waals surface area contributed by atoms with Gasteiger partial charge in [0.25, 0.3) is 0 Å². The predicted octanol–water partition coefficient (Wildman–Crippen LogP) is 2.64. The first-order chi connectivity index (χ1) is 11.6. The average Bonchev–Trinajstić information content (AvgIpc) is 2.62. The zero-order chi connectivity index (χ0) is 17.4. The maximum atomic E-state index is 12.2. The number of rotatable bonds is 8. The average molecular weight is 326 g/mol. The highest BCUT2D eigenvalue weighted by molar-refractivity contribution is 5.79. The van der Waals surface area contributed by atoms with Gasteiger partial charge in [-0.3, -0.25) is 4.79 Å². The van der Waals surface area contributed by atoms with Crippen molar-refractivity contribution in [2.24, 2.45) is 11.7 Å². The molecule has 5 nitrogen and oxygen atoms in total. The first-order valence-corrected chi connectivity index (χ1v) is 8.32. The first-order valence-electron chi connectivity index (χ1n) is 8.32. The number of carbonyl (C=O) groups is 1. The summed E-state index contributed by atoms with van der Waals surface area (Å²) < 4.78 is 0. The SMILES string of the molecule is Cc1ccc(NCCCNC(=O)C(C)C(N)c2ccccc2)nc1. The molecular weight excluding hydrogens is 300 g/mol. The largest absolute Gasteiger partial charge is 0.370 e. The van der Waals surface area contributed by atoms with E-state index < -0.39 is 0 Å². The van der Waals surface area contributed by atoms with Crippen LogP contribution in [0.5, 0.6) is 0 Å². The molecule has 0 fully saturated rings.